The molecular formula is C16H31N3O2. The Balaban J connectivity index is 1.67. The molecule has 1 unspecified atom stereocenters. The highest BCUT2D eigenvalue weighted by molar-refractivity contribution is 5.68. The first-order valence-electron chi connectivity index (χ1n) is 8.30. The summed E-state index contributed by atoms with van der Waals surface area (Å²) in [5, 5.41) is 3.66. The molecule has 0 bridgehead atoms. The summed E-state index contributed by atoms with van der Waals surface area (Å²) in [5.41, 5.74) is 5.52. The van der Waals surface area contributed by atoms with Crippen LogP contribution in [-0.2, 0) is 4.74 Å². The van der Waals surface area contributed by atoms with E-state index >= 15 is 0 Å². The molecule has 0 spiro atoms. The molecule has 2 aliphatic rings. The third-order valence-electron chi connectivity index (χ3n) is 4.40. The maximum Gasteiger partial charge on any atom is 0.410 e. The molecule has 3 N–H and O–H groups in total. The largest absolute Gasteiger partial charge is 0.444 e. The first-order chi connectivity index (χ1) is 9.83. The second-order valence-corrected chi connectivity index (χ2v) is 7.60. The summed E-state index contributed by atoms with van der Waals surface area (Å²) in [6.45, 7) is 8.36. The van der Waals surface area contributed by atoms with E-state index in [4.69, 9.17) is 10.5 Å². The zero-order valence-corrected chi connectivity index (χ0v) is 13.7. The third-order valence-corrected chi connectivity index (χ3v) is 4.40. The smallest absolute Gasteiger partial charge is 0.410 e. The maximum absolute atomic E-state index is 12.0. The highest BCUT2D eigenvalue weighted by Gasteiger charge is 2.30. The van der Waals surface area contributed by atoms with Crippen LogP contribution in [0.3, 0.4) is 0 Å². The van der Waals surface area contributed by atoms with Crippen molar-refractivity contribution in [3.8, 4) is 0 Å². The van der Waals surface area contributed by atoms with E-state index in [1.54, 1.807) is 0 Å². The van der Waals surface area contributed by atoms with Gasteiger partial charge in [-0.1, -0.05) is 0 Å². The number of rotatable bonds is 3. The van der Waals surface area contributed by atoms with Crippen LogP contribution in [0.5, 0.6) is 0 Å². The molecule has 1 saturated carbocycles. The van der Waals surface area contributed by atoms with Crippen LogP contribution in [-0.4, -0.2) is 48.3 Å². The Morgan fingerprint density at radius 2 is 1.90 bits per heavy atom. The number of likely N-dealkylation sites (tertiary alicyclic amines) is 1. The highest BCUT2D eigenvalue weighted by Crippen LogP contribution is 2.21. The Morgan fingerprint density at radius 1 is 1.24 bits per heavy atom. The Morgan fingerprint density at radius 3 is 2.52 bits per heavy atom. The Bertz CT molecular complexity index is 346. The molecule has 5 nitrogen and oxygen atoms in total. The summed E-state index contributed by atoms with van der Waals surface area (Å²) in [5.74, 6) is 0.549. The van der Waals surface area contributed by atoms with Gasteiger partial charge in [-0.2, -0.15) is 0 Å². The van der Waals surface area contributed by atoms with E-state index in [-0.39, 0.29) is 6.09 Å². The van der Waals surface area contributed by atoms with Gasteiger partial charge in [-0.25, -0.2) is 4.79 Å². The maximum atomic E-state index is 12.0. The van der Waals surface area contributed by atoms with Crippen molar-refractivity contribution in [3.05, 3.63) is 0 Å². The van der Waals surface area contributed by atoms with Gasteiger partial charge in [0.25, 0.3) is 0 Å². The van der Waals surface area contributed by atoms with Gasteiger partial charge in [-0.3, -0.25) is 0 Å². The average Bonchev–Trinajstić information content (AvgIpc) is 2.85. The molecule has 122 valence electrons. The van der Waals surface area contributed by atoms with Crippen LogP contribution in [0.25, 0.3) is 0 Å². The lowest BCUT2D eigenvalue weighted by Crippen LogP contribution is -2.40. The fourth-order valence-electron chi connectivity index (χ4n) is 3.15. The molecule has 0 aromatic heterocycles. The predicted octanol–water partition coefficient (Wildman–Crippen LogP) is 2.10. The minimum atomic E-state index is -0.408. The molecule has 0 radical (unpaired) electrons. The summed E-state index contributed by atoms with van der Waals surface area (Å²) in [4.78, 5) is 13.9. The fraction of sp³-hybridized carbons (Fsp3) is 0.938. The minimum Gasteiger partial charge on any atom is -0.444 e. The lowest BCUT2D eigenvalue weighted by molar-refractivity contribution is 0.0288. The molecule has 1 aliphatic heterocycles. The highest BCUT2D eigenvalue weighted by atomic mass is 16.6. The SMILES string of the molecule is CC(C)(C)OC(=O)N1CCC(CNC2CCC(N)CC2)C1. The van der Waals surface area contributed by atoms with Crippen molar-refractivity contribution in [2.75, 3.05) is 19.6 Å². The van der Waals surface area contributed by atoms with Crippen LogP contribution in [0.4, 0.5) is 4.79 Å². The van der Waals surface area contributed by atoms with E-state index in [0.717, 1.165) is 38.9 Å². The van der Waals surface area contributed by atoms with Crippen molar-refractivity contribution < 1.29 is 9.53 Å². The normalized spacial score (nSPS) is 30.5. The number of carbonyl (C=O) groups excluding carboxylic acids is 1. The van der Waals surface area contributed by atoms with Crippen molar-refractivity contribution in [2.45, 2.75) is 70.6 Å². The van der Waals surface area contributed by atoms with Gasteiger partial charge < -0.3 is 20.7 Å². The molecule has 1 heterocycles. The van der Waals surface area contributed by atoms with Gasteiger partial charge in [-0.05, 0) is 65.3 Å². The first-order valence-corrected chi connectivity index (χ1v) is 8.30. The third kappa shape index (κ3) is 5.47. The molecule has 1 saturated heterocycles. The van der Waals surface area contributed by atoms with Gasteiger partial charge in [0.1, 0.15) is 5.60 Å². The van der Waals surface area contributed by atoms with Crippen LogP contribution in [0.2, 0.25) is 0 Å². The molecule has 1 atom stereocenters. The summed E-state index contributed by atoms with van der Waals surface area (Å²) in [6, 6.07) is 1.01. The lowest BCUT2D eigenvalue weighted by atomic mass is 9.91. The minimum absolute atomic E-state index is 0.173. The number of nitrogens with zero attached hydrogens (tertiary/aromatic N) is 1. The monoisotopic (exact) mass is 297 g/mol. The number of nitrogens with one attached hydrogen (secondary N) is 1. The molecule has 1 aliphatic carbocycles. The van der Waals surface area contributed by atoms with Crippen molar-refractivity contribution in [1.82, 2.24) is 10.2 Å². The molecule has 0 aromatic rings. The Hall–Kier alpha value is -0.810. The van der Waals surface area contributed by atoms with E-state index in [2.05, 4.69) is 5.32 Å². The van der Waals surface area contributed by atoms with Crippen LogP contribution in [0.1, 0.15) is 52.9 Å². The van der Waals surface area contributed by atoms with Crippen molar-refractivity contribution in [2.24, 2.45) is 11.7 Å². The summed E-state index contributed by atoms with van der Waals surface area (Å²) in [7, 11) is 0. The molecule has 1 amide bonds. The van der Waals surface area contributed by atoms with Crippen molar-refractivity contribution in [3.63, 3.8) is 0 Å². The molecule has 21 heavy (non-hydrogen) atoms. The summed E-state index contributed by atoms with van der Waals surface area (Å²) in [6.07, 6.45) is 5.53. The molecule has 2 fully saturated rings. The van der Waals surface area contributed by atoms with E-state index in [1.165, 1.54) is 12.8 Å². The van der Waals surface area contributed by atoms with Gasteiger partial charge >= 0.3 is 6.09 Å². The van der Waals surface area contributed by atoms with Crippen molar-refractivity contribution >= 4 is 6.09 Å². The van der Waals surface area contributed by atoms with Gasteiger partial charge in [0.2, 0.25) is 0 Å². The molecular weight excluding hydrogens is 266 g/mol. The van der Waals surface area contributed by atoms with E-state index in [1.807, 2.05) is 25.7 Å². The first kappa shape index (κ1) is 16.6. The van der Waals surface area contributed by atoms with Crippen LogP contribution >= 0.6 is 0 Å². The van der Waals surface area contributed by atoms with Crippen molar-refractivity contribution in [1.29, 1.82) is 0 Å². The van der Waals surface area contributed by atoms with E-state index in [9.17, 15) is 4.79 Å². The van der Waals surface area contributed by atoms with Gasteiger partial charge in [-0.15, -0.1) is 0 Å². The number of amides is 1. The number of hydrogen-bond donors (Lipinski definition) is 2. The topological polar surface area (TPSA) is 67.6 Å². The standard InChI is InChI=1S/C16H31N3O2/c1-16(2,3)21-15(20)19-9-8-12(11-19)10-18-14-6-4-13(17)5-7-14/h12-14,18H,4-11,17H2,1-3H3. The zero-order valence-electron chi connectivity index (χ0n) is 13.7. The molecule has 2 rings (SSSR count). The number of carbonyl (C=O) groups is 1. The fourth-order valence-corrected chi connectivity index (χ4v) is 3.15. The lowest BCUT2D eigenvalue weighted by Gasteiger charge is -2.28. The molecule has 0 aromatic carbocycles. The van der Waals surface area contributed by atoms with Crippen LogP contribution < -0.4 is 11.1 Å². The van der Waals surface area contributed by atoms with Crippen LogP contribution in [0.15, 0.2) is 0 Å². The second kappa shape index (κ2) is 6.97. The quantitative estimate of drug-likeness (QED) is 0.837. The van der Waals surface area contributed by atoms with Gasteiger partial charge in [0.05, 0.1) is 0 Å². The Labute approximate surface area is 128 Å². The Kier molecular flexibility index (Phi) is 5.49. The molecule has 5 heteroatoms. The number of ether oxygens (including phenoxy) is 1. The number of hydrogen-bond acceptors (Lipinski definition) is 4. The number of nitrogens with two attached hydrogens (primary N) is 1. The van der Waals surface area contributed by atoms with Gasteiger partial charge in [0, 0.05) is 25.2 Å². The predicted molar refractivity (Wildman–Crippen MR) is 84.1 cm³/mol. The van der Waals surface area contributed by atoms with Gasteiger partial charge in [0.15, 0.2) is 0 Å². The summed E-state index contributed by atoms with van der Waals surface area (Å²) >= 11 is 0. The zero-order chi connectivity index (χ0) is 15.5. The van der Waals surface area contributed by atoms with E-state index in [0.29, 0.717) is 18.0 Å². The average molecular weight is 297 g/mol. The van der Waals surface area contributed by atoms with Crippen LogP contribution in [0, 0.1) is 5.92 Å². The van der Waals surface area contributed by atoms with E-state index < -0.39 is 5.60 Å². The second-order valence-electron chi connectivity index (χ2n) is 7.60. The summed E-state index contributed by atoms with van der Waals surface area (Å²) < 4.78 is 5.43.